The zero-order chi connectivity index (χ0) is 11.6. The Morgan fingerprint density at radius 3 is 2.31 bits per heavy atom. The lowest BCUT2D eigenvalue weighted by molar-refractivity contribution is 0.0775. The minimum absolute atomic E-state index is 0.199. The van der Waals surface area contributed by atoms with Crippen LogP contribution in [0.25, 0.3) is 0 Å². The molecule has 0 spiro atoms. The lowest BCUT2D eigenvalue weighted by Crippen LogP contribution is -2.54. The molecule has 0 unspecified atom stereocenters. The highest BCUT2D eigenvalue weighted by atomic mass is 28.4. The molecule has 0 heterocycles. The van der Waals surface area contributed by atoms with E-state index < -0.39 is 8.80 Å². The van der Waals surface area contributed by atoms with E-state index in [4.69, 9.17) is 13.3 Å². The van der Waals surface area contributed by atoms with Gasteiger partial charge in [0.15, 0.2) is 0 Å². The van der Waals surface area contributed by atoms with Crippen LogP contribution in [-0.2, 0) is 13.3 Å². The summed E-state index contributed by atoms with van der Waals surface area (Å²) in [5, 5.41) is 0.199. The summed E-state index contributed by atoms with van der Waals surface area (Å²) in [5.74, 6) is 0.879. The third-order valence-corrected chi connectivity index (χ3v) is 7.94. The van der Waals surface area contributed by atoms with Crippen molar-refractivity contribution in [1.82, 2.24) is 0 Å². The molecule has 0 aromatic rings. The Hall–Kier alpha value is -0.163. The fourth-order valence-electron chi connectivity index (χ4n) is 3.58. The van der Waals surface area contributed by atoms with E-state index in [0.29, 0.717) is 6.61 Å². The van der Waals surface area contributed by atoms with Crippen molar-refractivity contribution in [2.75, 3.05) is 20.8 Å². The maximum Gasteiger partial charge on any atom is 0.507 e. The first kappa shape index (κ1) is 12.3. The van der Waals surface area contributed by atoms with E-state index in [1.54, 1.807) is 20.3 Å². The molecule has 0 amide bonds. The van der Waals surface area contributed by atoms with Gasteiger partial charge in [-0.05, 0) is 38.0 Å². The highest BCUT2D eigenvalue weighted by Gasteiger charge is 2.65. The van der Waals surface area contributed by atoms with Crippen molar-refractivity contribution in [3.05, 3.63) is 12.7 Å². The van der Waals surface area contributed by atoms with Crippen molar-refractivity contribution in [3.63, 3.8) is 0 Å². The normalized spacial score (nSPS) is 33.2. The largest absolute Gasteiger partial charge is 0.507 e. The fourth-order valence-corrected chi connectivity index (χ4v) is 6.93. The fraction of sp³-hybridized carbons (Fsp3) is 0.833. The zero-order valence-electron chi connectivity index (χ0n) is 10.3. The van der Waals surface area contributed by atoms with E-state index in [9.17, 15) is 0 Å². The van der Waals surface area contributed by atoms with Crippen LogP contribution in [-0.4, -0.2) is 29.6 Å². The smallest absolute Gasteiger partial charge is 0.376 e. The van der Waals surface area contributed by atoms with Crippen LogP contribution in [0.15, 0.2) is 12.7 Å². The minimum Gasteiger partial charge on any atom is -0.376 e. The first-order valence-corrected chi connectivity index (χ1v) is 7.79. The predicted octanol–water partition coefficient (Wildman–Crippen LogP) is 2.76. The molecule has 2 fully saturated rings. The van der Waals surface area contributed by atoms with E-state index >= 15 is 0 Å². The first-order valence-electron chi connectivity index (χ1n) is 6.07. The summed E-state index contributed by atoms with van der Waals surface area (Å²) in [6.45, 7) is 4.23. The van der Waals surface area contributed by atoms with Crippen molar-refractivity contribution < 1.29 is 13.3 Å². The molecule has 0 saturated heterocycles. The van der Waals surface area contributed by atoms with Crippen molar-refractivity contribution in [2.45, 2.75) is 37.1 Å². The summed E-state index contributed by atoms with van der Waals surface area (Å²) < 4.78 is 17.4. The molecule has 0 aromatic carbocycles. The monoisotopic (exact) mass is 242 g/mol. The average molecular weight is 242 g/mol. The standard InChI is InChI=1S/C12H22O3Si/c1-4-9-15-16(13-2,14-3)12-7-5-11(10-12)6-8-12/h4,11H,1,5-10H2,2-3H3. The van der Waals surface area contributed by atoms with Gasteiger partial charge in [-0.25, -0.2) is 0 Å². The Kier molecular flexibility index (Phi) is 3.54. The molecule has 2 aliphatic carbocycles. The van der Waals surface area contributed by atoms with Gasteiger partial charge in [-0.1, -0.05) is 6.08 Å². The summed E-state index contributed by atoms with van der Waals surface area (Å²) in [7, 11) is 0.959. The Bertz CT molecular complexity index is 255. The molecule has 4 heteroatoms. The van der Waals surface area contributed by atoms with Crippen molar-refractivity contribution in [1.29, 1.82) is 0 Å². The van der Waals surface area contributed by atoms with Gasteiger partial charge >= 0.3 is 8.80 Å². The van der Waals surface area contributed by atoms with Gasteiger partial charge in [0.2, 0.25) is 0 Å². The summed E-state index contributed by atoms with van der Waals surface area (Å²) >= 11 is 0. The molecule has 0 aromatic heterocycles. The molecular formula is C12H22O3Si. The van der Waals surface area contributed by atoms with E-state index in [1.807, 2.05) is 0 Å². The molecule has 0 radical (unpaired) electrons. The van der Waals surface area contributed by atoms with Crippen LogP contribution >= 0.6 is 0 Å². The van der Waals surface area contributed by atoms with E-state index in [-0.39, 0.29) is 5.04 Å². The van der Waals surface area contributed by atoms with Crippen molar-refractivity contribution in [2.24, 2.45) is 5.92 Å². The lowest BCUT2D eigenvalue weighted by Gasteiger charge is -2.40. The Morgan fingerprint density at radius 1 is 1.31 bits per heavy atom. The second-order valence-electron chi connectivity index (χ2n) is 4.99. The van der Waals surface area contributed by atoms with Crippen LogP contribution < -0.4 is 0 Å². The predicted molar refractivity (Wildman–Crippen MR) is 65.2 cm³/mol. The van der Waals surface area contributed by atoms with Gasteiger partial charge in [-0.2, -0.15) is 0 Å². The summed E-state index contributed by atoms with van der Waals surface area (Å²) in [5.41, 5.74) is 0. The van der Waals surface area contributed by atoms with Gasteiger partial charge in [-0.15, -0.1) is 6.58 Å². The SMILES string of the molecule is C=CCO[Si](OC)(OC)C12CCC(CC1)C2. The average Bonchev–Trinajstić information content (AvgIpc) is 2.92. The summed E-state index contributed by atoms with van der Waals surface area (Å²) in [4.78, 5) is 0. The molecular weight excluding hydrogens is 220 g/mol. The molecule has 16 heavy (non-hydrogen) atoms. The number of hydrogen-bond acceptors (Lipinski definition) is 3. The van der Waals surface area contributed by atoms with Gasteiger partial charge in [0, 0.05) is 19.3 Å². The van der Waals surface area contributed by atoms with E-state index in [2.05, 4.69) is 6.58 Å². The Labute approximate surface area is 99.1 Å². The van der Waals surface area contributed by atoms with Crippen LogP contribution in [0.1, 0.15) is 32.1 Å². The van der Waals surface area contributed by atoms with Crippen molar-refractivity contribution in [3.8, 4) is 0 Å². The topological polar surface area (TPSA) is 27.7 Å². The third kappa shape index (κ3) is 1.68. The summed E-state index contributed by atoms with van der Waals surface area (Å²) in [6.07, 6.45) is 8.07. The highest BCUT2D eigenvalue weighted by molar-refractivity contribution is 6.64. The van der Waals surface area contributed by atoms with Gasteiger partial charge in [0.05, 0.1) is 6.61 Å². The maximum absolute atomic E-state index is 5.96. The molecule has 92 valence electrons. The van der Waals surface area contributed by atoms with Crippen LogP contribution in [0.2, 0.25) is 5.04 Å². The van der Waals surface area contributed by atoms with Crippen molar-refractivity contribution >= 4 is 8.80 Å². The van der Waals surface area contributed by atoms with E-state index in [1.165, 1.54) is 32.1 Å². The molecule has 2 aliphatic rings. The summed E-state index contributed by atoms with van der Waals surface area (Å²) in [6, 6.07) is 0. The Morgan fingerprint density at radius 2 is 1.94 bits per heavy atom. The quantitative estimate of drug-likeness (QED) is 0.529. The van der Waals surface area contributed by atoms with E-state index in [0.717, 1.165) is 5.92 Å². The minimum atomic E-state index is -2.51. The second-order valence-corrected chi connectivity index (χ2v) is 8.27. The molecule has 0 aliphatic heterocycles. The van der Waals surface area contributed by atoms with Crippen LogP contribution in [0.5, 0.6) is 0 Å². The van der Waals surface area contributed by atoms with Gasteiger partial charge in [0.25, 0.3) is 0 Å². The highest BCUT2D eigenvalue weighted by Crippen LogP contribution is 2.64. The molecule has 2 bridgehead atoms. The van der Waals surface area contributed by atoms with Gasteiger partial charge < -0.3 is 13.3 Å². The van der Waals surface area contributed by atoms with Crippen LogP contribution in [0.4, 0.5) is 0 Å². The number of fused-ring (bicyclic) bond motifs is 2. The zero-order valence-corrected chi connectivity index (χ0v) is 11.3. The van der Waals surface area contributed by atoms with Crippen LogP contribution in [0, 0.1) is 5.92 Å². The molecule has 2 saturated carbocycles. The van der Waals surface area contributed by atoms with Crippen LogP contribution in [0.3, 0.4) is 0 Å². The number of hydrogen-bond donors (Lipinski definition) is 0. The number of rotatable bonds is 6. The second kappa shape index (κ2) is 4.60. The molecule has 3 nitrogen and oxygen atoms in total. The Balaban J connectivity index is 2.20. The lowest BCUT2D eigenvalue weighted by atomic mass is 10.0. The maximum atomic E-state index is 5.96. The molecule has 0 N–H and O–H groups in total. The van der Waals surface area contributed by atoms with Gasteiger partial charge in [0.1, 0.15) is 0 Å². The first-order chi connectivity index (χ1) is 7.72. The van der Waals surface area contributed by atoms with Gasteiger partial charge in [-0.3, -0.25) is 0 Å². The third-order valence-electron chi connectivity index (χ3n) is 4.32. The molecule has 2 rings (SSSR count). The molecule has 0 atom stereocenters.